The Morgan fingerprint density at radius 3 is 2.55 bits per heavy atom. The molecule has 150 valence electrons. The van der Waals surface area contributed by atoms with Gasteiger partial charge in [-0.1, -0.05) is 17.7 Å². The zero-order valence-electron chi connectivity index (χ0n) is 15.3. The minimum absolute atomic E-state index is 0.0295. The van der Waals surface area contributed by atoms with E-state index in [9.17, 15) is 15.0 Å². The van der Waals surface area contributed by atoms with Gasteiger partial charge >= 0.3 is 5.97 Å². The number of rotatable bonds is 7. The second kappa shape index (κ2) is 8.89. The second-order valence-electron chi connectivity index (χ2n) is 5.66. The van der Waals surface area contributed by atoms with Crippen LogP contribution in [-0.4, -0.2) is 45.6 Å². The Kier molecular flexibility index (Phi) is 6.30. The molecule has 0 aliphatic carbocycles. The quantitative estimate of drug-likeness (QED) is 0.377. The molecule has 0 bridgehead atoms. The second-order valence-corrected chi connectivity index (χ2v) is 7.10. The van der Waals surface area contributed by atoms with Crippen molar-refractivity contribution in [3.63, 3.8) is 0 Å². The highest BCUT2D eigenvalue weighted by molar-refractivity contribution is 8.04. The van der Waals surface area contributed by atoms with E-state index in [-0.39, 0.29) is 15.8 Å². The molecule has 29 heavy (non-hydrogen) atoms. The van der Waals surface area contributed by atoms with Gasteiger partial charge < -0.3 is 19.7 Å². The van der Waals surface area contributed by atoms with Gasteiger partial charge in [-0.25, -0.2) is 9.78 Å². The molecule has 0 saturated heterocycles. The van der Waals surface area contributed by atoms with Gasteiger partial charge in [-0.2, -0.15) is 0 Å². The van der Waals surface area contributed by atoms with Crippen molar-refractivity contribution in [1.82, 2.24) is 15.2 Å². The van der Waals surface area contributed by atoms with Crippen molar-refractivity contribution in [2.24, 2.45) is 0 Å². The van der Waals surface area contributed by atoms with Crippen LogP contribution in [0.15, 0.2) is 46.5 Å². The summed E-state index contributed by atoms with van der Waals surface area (Å²) in [6.07, 6.45) is 1.40. The Hall–Kier alpha value is -3.17. The smallest absolute Gasteiger partial charge is 0.342 e. The van der Waals surface area contributed by atoms with Crippen molar-refractivity contribution in [2.45, 2.75) is 5.16 Å². The van der Waals surface area contributed by atoms with E-state index in [0.717, 1.165) is 11.8 Å². The number of thioether (sulfide) groups is 1. The Bertz CT molecular complexity index is 1080. The summed E-state index contributed by atoms with van der Waals surface area (Å²) in [5.74, 6) is -0.0227. The fourth-order valence-electron chi connectivity index (χ4n) is 2.46. The van der Waals surface area contributed by atoms with E-state index < -0.39 is 5.97 Å². The standard InChI is InChI=1S/C19H16ClN3O5S/c1-27-14-6-4-11(20)9-12(14)17-21-19(23-22-17)29-16(18(25)26)8-10-3-5-15(28-2)13(24)7-10/h3-9,24H,1-2H3,(H,25,26)(H,21,22,23)/b16-8-. The summed E-state index contributed by atoms with van der Waals surface area (Å²) in [6, 6.07) is 9.63. The highest BCUT2D eigenvalue weighted by atomic mass is 35.5. The van der Waals surface area contributed by atoms with Crippen molar-refractivity contribution in [3.8, 4) is 28.6 Å². The van der Waals surface area contributed by atoms with Crippen LogP contribution < -0.4 is 9.47 Å². The molecule has 0 aliphatic rings. The van der Waals surface area contributed by atoms with Crippen LogP contribution in [0.2, 0.25) is 5.02 Å². The Morgan fingerprint density at radius 1 is 1.17 bits per heavy atom. The predicted octanol–water partition coefficient (Wildman–Crippen LogP) is 4.07. The van der Waals surface area contributed by atoms with Crippen LogP contribution in [0.3, 0.4) is 0 Å². The molecule has 10 heteroatoms. The van der Waals surface area contributed by atoms with Crippen LogP contribution >= 0.6 is 23.4 Å². The highest BCUT2D eigenvalue weighted by Gasteiger charge is 2.16. The molecule has 1 heterocycles. The number of aromatic amines is 1. The molecular formula is C19H16ClN3O5S. The first-order chi connectivity index (χ1) is 13.9. The first kappa shape index (κ1) is 20.6. The first-order valence-electron chi connectivity index (χ1n) is 8.17. The van der Waals surface area contributed by atoms with Crippen molar-refractivity contribution in [1.29, 1.82) is 0 Å². The Labute approximate surface area is 175 Å². The Morgan fingerprint density at radius 2 is 1.90 bits per heavy atom. The minimum Gasteiger partial charge on any atom is -0.504 e. The van der Waals surface area contributed by atoms with Gasteiger partial charge in [-0.3, -0.25) is 5.10 Å². The van der Waals surface area contributed by atoms with Crippen molar-refractivity contribution >= 4 is 35.4 Å². The van der Waals surface area contributed by atoms with Crippen LogP contribution in [0, 0.1) is 0 Å². The average molecular weight is 434 g/mol. The topological polar surface area (TPSA) is 118 Å². The van der Waals surface area contributed by atoms with E-state index in [1.165, 1.54) is 26.4 Å². The molecule has 3 rings (SSSR count). The summed E-state index contributed by atoms with van der Waals surface area (Å²) in [5.41, 5.74) is 1.08. The molecule has 3 N–H and O–H groups in total. The summed E-state index contributed by atoms with van der Waals surface area (Å²) in [4.78, 5) is 16.0. The number of aromatic hydroxyl groups is 1. The molecule has 0 radical (unpaired) electrons. The average Bonchev–Trinajstić information content (AvgIpc) is 3.16. The lowest BCUT2D eigenvalue weighted by Crippen LogP contribution is -1.97. The van der Waals surface area contributed by atoms with Crippen molar-refractivity contribution in [2.75, 3.05) is 14.2 Å². The van der Waals surface area contributed by atoms with Crippen LogP contribution in [0.5, 0.6) is 17.2 Å². The number of carboxylic acid groups (broad SMARTS) is 1. The van der Waals surface area contributed by atoms with E-state index in [4.69, 9.17) is 21.1 Å². The maximum Gasteiger partial charge on any atom is 0.342 e. The number of H-pyrrole nitrogens is 1. The fourth-order valence-corrected chi connectivity index (χ4v) is 3.34. The van der Waals surface area contributed by atoms with Gasteiger partial charge in [0.1, 0.15) is 10.7 Å². The fraction of sp³-hybridized carbons (Fsp3) is 0.105. The maximum absolute atomic E-state index is 11.7. The normalized spacial score (nSPS) is 11.3. The third-order valence-corrected chi connectivity index (χ3v) is 4.91. The molecule has 2 aromatic carbocycles. The number of aliphatic carboxylic acids is 1. The number of aromatic nitrogens is 3. The zero-order valence-corrected chi connectivity index (χ0v) is 16.9. The summed E-state index contributed by atoms with van der Waals surface area (Å²) >= 11 is 6.90. The number of halogens is 1. The number of phenols is 1. The SMILES string of the molecule is COc1ccc(/C=C(\Sc2n[nH]c(-c3cc(Cl)ccc3OC)n2)C(=O)O)cc1O. The number of hydrogen-bond acceptors (Lipinski definition) is 7. The van der Waals surface area contributed by atoms with Gasteiger partial charge in [0.2, 0.25) is 5.16 Å². The third kappa shape index (κ3) is 4.82. The lowest BCUT2D eigenvalue weighted by atomic mass is 10.2. The minimum atomic E-state index is -1.16. The van der Waals surface area contributed by atoms with Crippen molar-refractivity contribution < 1.29 is 24.5 Å². The summed E-state index contributed by atoms with van der Waals surface area (Å²) in [6.45, 7) is 0. The molecule has 3 aromatic rings. The maximum atomic E-state index is 11.7. The van der Waals surface area contributed by atoms with Gasteiger partial charge in [0.05, 0.1) is 19.8 Å². The largest absolute Gasteiger partial charge is 0.504 e. The first-order valence-corrected chi connectivity index (χ1v) is 9.37. The van der Waals surface area contributed by atoms with Gasteiger partial charge in [0.15, 0.2) is 17.3 Å². The molecule has 0 aliphatic heterocycles. The van der Waals surface area contributed by atoms with E-state index >= 15 is 0 Å². The van der Waals surface area contributed by atoms with E-state index in [0.29, 0.717) is 33.5 Å². The Balaban J connectivity index is 1.89. The number of nitrogens with one attached hydrogen (secondary N) is 1. The molecule has 0 unspecified atom stereocenters. The predicted molar refractivity (Wildman–Crippen MR) is 110 cm³/mol. The van der Waals surface area contributed by atoms with Crippen LogP contribution in [0.25, 0.3) is 17.5 Å². The summed E-state index contributed by atoms with van der Waals surface area (Å²) in [5, 5.41) is 26.9. The lowest BCUT2D eigenvalue weighted by Gasteiger charge is -2.05. The number of carboxylic acids is 1. The van der Waals surface area contributed by atoms with Gasteiger partial charge in [-0.05, 0) is 53.7 Å². The molecule has 0 fully saturated rings. The lowest BCUT2D eigenvalue weighted by molar-refractivity contribution is -0.131. The summed E-state index contributed by atoms with van der Waals surface area (Å²) in [7, 11) is 2.95. The van der Waals surface area contributed by atoms with E-state index in [2.05, 4.69) is 15.2 Å². The number of nitrogens with zero attached hydrogens (tertiary/aromatic N) is 2. The number of hydrogen-bond donors (Lipinski definition) is 3. The van der Waals surface area contributed by atoms with E-state index in [1.807, 2.05) is 0 Å². The van der Waals surface area contributed by atoms with E-state index in [1.54, 1.807) is 30.3 Å². The number of benzene rings is 2. The monoisotopic (exact) mass is 433 g/mol. The number of phenolic OH excluding ortho intramolecular Hbond substituents is 1. The van der Waals surface area contributed by atoms with Crippen LogP contribution in [0.4, 0.5) is 0 Å². The number of methoxy groups -OCH3 is 2. The van der Waals surface area contributed by atoms with Crippen molar-refractivity contribution in [3.05, 3.63) is 51.9 Å². The zero-order chi connectivity index (χ0) is 21.0. The van der Waals surface area contributed by atoms with Gasteiger partial charge in [0, 0.05) is 5.02 Å². The molecule has 0 atom stereocenters. The molecular weight excluding hydrogens is 418 g/mol. The van der Waals surface area contributed by atoms with Crippen LogP contribution in [-0.2, 0) is 4.79 Å². The molecule has 1 aromatic heterocycles. The van der Waals surface area contributed by atoms with Gasteiger partial charge in [-0.15, -0.1) is 5.10 Å². The summed E-state index contributed by atoms with van der Waals surface area (Å²) < 4.78 is 10.3. The number of carbonyl (C=O) groups is 1. The number of ether oxygens (including phenoxy) is 2. The molecule has 0 amide bonds. The molecule has 8 nitrogen and oxygen atoms in total. The molecule has 0 saturated carbocycles. The molecule has 0 spiro atoms. The van der Waals surface area contributed by atoms with Crippen LogP contribution in [0.1, 0.15) is 5.56 Å². The van der Waals surface area contributed by atoms with Gasteiger partial charge in [0.25, 0.3) is 0 Å². The third-order valence-electron chi connectivity index (χ3n) is 3.79. The highest BCUT2D eigenvalue weighted by Crippen LogP contribution is 2.33.